The van der Waals surface area contributed by atoms with Gasteiger partial charge in [-0.05, 0) is 79.9 Å². The summed E-state index contributed by atoms with van der Waals surface area (Å²) in [5, 5.41) is 2.88. The number of anilines is 1. The highest BCUT2D eigenvalue weighted by atomic mass is 16.5. The van der Waals surface area contributed by atoms with Crippen molar-refractivity contribution in [3.63, 3.8) is 0 Å². The van der Waals surface area contributed by atoms with Crippen molar-refractivity contribution in [1.82, 2.24) is 9.97 Å². The van der Waals surface area contributed by atoms with Crippen LogP contribution in [0.25, 0.3) is 22.7 Å². The van der Waals surface area contributed by atoms with Gasteiger partial charge in [0.1, 0.15) is 5.75 Å². The molecule has 1 amide bonds. The van der Waals surface area contributed by atoms with Crippen molar-refractivity contribution in [2.45, 2.75) is 20.8 Å². The number of pyridine rings is 1. The summed E-state index contributed by atoms with van der Waals surface area (Å²) in [6.45, 7) is 5.92. The van der Waals surface area contributed by atoms with Crippen LogP contribution in [0.1, 0.15) is 16.7 Å². The maximum Gasteiger partial charge on any atom is 0.262 e. The van der Waals surface area contributed by atoms with E-state index in [0.717, 1.165) is 22.4 Å². The highest BCUT2D eigenvalue weighted by Gasteiger charge is 2.12. The Labute approximate surface area is 168 Å². The predicted octanol–water partition coefficient (Wildman–Crippen LogP) is 4.83. The van der Waals surface area contributed by atoms with E-state index in [0.29, 0.717) is 22.9 Å². The van der Waals surface area contributed by atoms with Crippen LogP contribution in [-0.4, -0.2) is 22.5 Å². The van der Waals surface area contributed by atoms with Crippen molar-refractivity contribution in [3.05, 3.63) is 71.4 Å². The quantitative estimate of drug-likeness (QED) is 0.531. The Hall–Kier alpha value is -3.67. The van der Waals surface area contributed by atoms with E-state index in [1.807, 2.05) is 63.2 Å². The van der Waals surface area contributed by atoms with Gasteiger partial charge in [0.05, 0.1) is 0 Å². The number of amides is 1. The van der Waals surface area contributed by atoms with E-state index >= 15 is 0 Å². The lowest BCUT2D eigenvalue weighted by Crippen LogP contribution is -2.20. The summed E-state index contributed by atoms with van der Waals surface area (Å²) in [5.41, 5.74) is 5.97. The fraction of sp³-hybridized carbons (Fsp3) is 0.174. The lowest BCUT2D eigenvalue weighted by atomic mass is 10.1. The number of nitrogens with zero attached hydrogens (tertiary/aromatic N) is 2. The third-order valence-electron chi connectivity index (χ3n) is 4.76. The van der Waals surface area contributed by atoms with Gasteiger partial charge in [-0.25, -0.2) is 4.98 Å². The first-order valence-corrected chi connectivity index (χ1v) is 9.32. The molecule has 6 nitrogen and oxygen atoms in total. The third kappa shape index (κ3) is 4.11. The van der Waals surface area contributed by atoms with E-state index in [9.17, 15) is 4.79 Å². The topological polar surface area (TPSA) is 77.2 Å². The van der Waals surface area contributed by atoms with Crippen molar-refractivity contribution in [2.24, 2.45) is 0 Å². The monoisotopic (exact) mass is 387 g/mol. The molecule has 0 aliphatic heterocycles. The van der Waals surface area contributed by atoms with Crippen LogP contribution in [0.4, 0.5) is 5.69 Å². The Morgan fingerprint density at radius 3 is 2.66 bits per heavy atom. The second-order valence-corrected chi connectivity index (χ2v) is 6.96. The minimum absolute atomic E-state index is 0.0551. The summed E-state index contributed by atoms with van der Waals surface area (Å²) in [6, 6.07) is 15.0. The van der Waals surface area contributed by atoms with Crippen LogP contribution in [0.15, 0.2) is 59.1 Å². The van der Waals surface area contributed by atoms with Gasteiger partial charge in [0.2, 0.25) is 5.89 Å². The standard InChI is InChI=1S/C23H21N3O3/c1-14-6-8-18(12-15(14)2)28-13-21(27)25-19-9-7-17(11-16(19)3)23-26-22-20(29-23)5-4-10-24-22/h4-12H,13H2,1-3H3,(H,25,27). The number of oxazole rings is 1. The molecule has 0 spiro atoms. The van der Waals surface area contributed by atoms with Gasteiger partial charge < -0.3 is 14.5 Å². The fourth-order valence-electron chi connectivity index (χ4n) is 2.97. The number of hydrogen-bond acceptors (Lipinski definition) is 5. The van der Waals surface area contributed by atoms with E-state index in [1.165, 1.54) is 5.56 Å². The highest BCUT2D eigenvalue weighted by Crippen LogP contribution is 2.27. The Morgan fingerprint density at radius 1 is 1.03 bits per heavy atom. The van der Waals surface area contributed by atoms with Crippen molar-refractivity contribution in [3.8, 4) is 17.2 Å². The van der Waals surface area contributed by atoms with Crippen LogP contribution in [0.3, 0.4) is 0 Å². The lowest BCUT2D eigenvalue weighted by molar-refractivity contribution is -0.118. The molecule has 0 bridgehead atoms. The van der Waals surface area contributed by atoms with Gasteiger partial charge in [-0.2, -0.15) is 4.98 Å². The zero-order valence-corrected chi connectivity index (χ0v) is 16.5. The molecule has 4 rings (SSSR count). The van der Waals surface area contributed by atoms with Gasteiger partial charge in [-0.3, -0.25) is 4.79 Å². The first-order valence-electron chi connectivity index (χ1n) is 9.32. The molecule has 2 aromatic heterocycles. The molecule has 4 aromatic rings. The molecule has 29 heavy (non-hydrogen) atoms. The van der Waals surface area contributed by atoms with Gasteiger partial charge in [0, 0.05) is 17.4 Å². The van der Waals surface area contributed by atoms with E-state index in [1.54, 1.807) is 12.3 Å². The molecule has 0 saturated carbocycles. The first-order chi connectivity index (χ1) is 14.0. The molecule has 0 unspecified atom stereocenters. The molecule has 0 saturated heterocycles. The van der Waals surface area contributed by atoms with Crippen molar-refractivity contribution >= 4 is 22.8 Å². The molecule has 0 aliphatic rings. The molecule has 0 atom stereocenters. The lowest BCUT2D eigenvalue weighted by Gasteiger charge is -2.11. The van der Waals surface area contributed by atoms with Crippen LogP contribution in [0, 0.1) is 20.8 Å². The summed E-state index contributed by atoms with van der Waals surface area (Å²) >= 11 is 0. The summed E-state index contributed by atoms with van der Waals surface area (Å²) in [7, 11) is 0. The minimum Gasteiger partial charge on any atom is -0.484 e. The van der Waals surface area contributed by atoms with Crippen molar-refractivity contribution in [1.29, 1.82) is 0 Å². The van der Waals surface area contributed by atoms with Gasteiger partial charge in [-0.15, -0.1) is 0 Å². The molecular weight excluding hydrogens is 366 g/mol. The molecule has 1 N–H and O–H groups in total. The average molecular weight is 387 g/mol. The summed E-state index contributed by atoms with van der Waals surface area (Å²) in [6.07, 6.45) is 1.68. The van der Waals surface area contributed by atoms with Crippen LogP contribution >= 0.6 is 0 Å². The van der Waals surface area contributed by atoms with Crippen LogP contribution in [0.5, 0.6) is 5.75 Å². The SMILES string of the molecule is Cc1ccc(OCC(=O)Nc2ccc(-c3nc4ncccc4o3)cc2C)cc1C. The van der Waals surface area contributed by atoms with Gasteiger partial charge >= 0.3 is 0 Å². The van der Waals surface area contributed by atoms with Crippen LogP contribution in [0.2, 0.25) is 0 Å². The number of nitrogens with one attached hydrogen (secondary N) is 1. The Balaban J connectivity index is 1.43. The number of carbonyl (C=O) groups excluding carboxylic acids is 1. The normalized spacial score (nSPS) is 10.9. The number of carbonyl (C=O) groups is 1. The number of aryl methyl sites for hydroxylation is 3. The summed E-state index contributed by atoms with van der Waals surface area (Å²) in [4.78, 5) is 20.9. The molecule has 0 fully saturated rings. The van der Waals surface area contributed by atoms with Crippen molar-refractivity contribution < 1.29 is 13.9 Å². The summed E-state index contributed by atoms with van der Waals surface area (Å²) < 4.78 is 11.4. The zero-order chi connectivity index (χ0) is 20.4. The third-order valence-corrected chi connectivity index (χ3v) is 4.76. The van der Waals surface area contributed by atoms with Crippen molar-refractivity contribution in [2.75, 3.05) is 11.9 Å². The van der Waals surface area contributed by atoms with E-state index in [2.05, 4.69) is 15.3 Å². The fourth-order valence-corrected chi connectivity index (χ4v) is 2.97. The Morgan fingerprint density at radius 2 is 1.90 bits per heavy atom. The van der Waals surface area contributed by atoms with Gasteiger partial charge in [0.25, 0.3) is 5.91 Å². The number of aromatic nitrogens is 2. The molecule has 146 valence electrons. The molecule has 6 heteroatoms. The zero-order valence-electron chi connectivity index (χ0n) is 16.5. The van der Waals surface area contributed by atoms with Crippen LogP contribution in [-0.2, 0) is 4.79 Å². The predicted molar refractivity (Wildman–Crippen MR) is 112 cm³/mol. The molecule has 0 radical (unpaired) electrons. The molecule has 2 heterocycles. The maximum absolute atomic E-state index is 12.3. The second kappa shape index (κ2) is 7.75. The number of ether oxygens (including phenoxy) is 1. The number of rotatable bonds is 5. The number of hydrogen-bond donors (Lipinski definition) is 1. The maximum atomic E-state index is 12.3. The smallest absolute Gasteiger partial charge is 0.262 e. The Bertz CT molecular complexity index is 1160. The van der Waals surface area contributed by atoms with Gasteiger partial charge in [-0.1, -0.05) is 6.07 Å². The van der Waals surface area contributed by atoms with Crippen LogP contribution < -0.4 is 10.1 Å². The number of benzene rings is 2. The second-order valence-electron chi connectivity index (χ2n) is 6.96. The van der Waals surface area contributed by atoms with Gasteiger partial charge in [0.15, 0.2) is 17.8 Å². The molecule has 2 aromatic carbocycles. The molecule has 0 aliphatic carbocycles. The first kappa shape index (κ1) is 18.7. The molecular formula is C23H21N3O3. The minimum atomic E-state index is -0.217. The van der Waals surface area contributed by atoms with E-state index < -0.39 is 0 Å². The Kier molecular flexibility index (Phi) is 4.99. The largest absolute Gasteiger partial charge is 0.484 e. The van der Waals surface area contributed by atoms with E-state index in [-0.39, 0.29) is 12.5 Å². The average Bonchev–Trinajstić information content (AvgIpc) is 3.15. The van der Waals surface area contributed by atoms with E-state index in [4.69, 9.17) is 9.15 Å². The summed E-state index contributed by atoms with van der Waals surface area (Å²) in [5.74, 6) is 0.961. The highest BCUT2D eigenvalue weighted by molar-refractivity contribution is 5.93. The number of fused-ring (bicyclic) bond motifs is 1.